The maximum absolute atomic E-state index is 12.9. The average molecular weight is 474 g/mol. The van der Waals surface area contributed by atoms with Crippen LogP contribution in [0.15, 0.2) is 71.3 Å². The zero-order valence-corrected chi connectivity index (χ0v) is 17.4. The van der Waals surface area contributed by atoms with Crippen LogP contribution in [0.5, 0.6) is 17.4 Å². The number of rotatable bonds is 6. The average Bonchev–Trinajstić information content (AvgIpc) is 2.74. The fourth-order valence-corrected chi connectivity index (χ4v) is 2.67. The molecule has 0 saturated heterocycles. The molecule has 0 radical (unpaired) electrons. The molecular formula is C21H17BrFN3O4. The number of pyridine rings is 1. The second-order valence-corrected chi connectivity index (χ2v) is 7.02. The topological polar surface area (TPSA) is 89.6 Å². The molecule has 0 aliphatic carbocycles. The number of ether oxygens (including phenoxy) is 2. The van der Waals surface area contributed by atoms with Crippen molar-refractivity contribution in [3.8, 4) is 17.4 Å². The second-order valence-electron chi connectivity index (χ2n) is 6.10. The van der Waals surface area contributed by atoms with Crippen molar-refractivity contribution >= 4 is 27.7 Å². The van der Waals surface area contributed by atoms with Crippen LogP contribution in [-0.4, -0.2) is 22.9 Å². The van der Waals surface area contributed by atoms with Crippen molar-refractivity contribution < 1.29 is 23.5 Å². The zero-order chi connectivity index (χ0) is 21.5. The summed E-state index contributed by atoms with van der Waals surface area (Å²) in [4.78, 5) is 28.3. The lowest BCUT2D eigenvalue weighted by Gasteiger charge is -2.15. The number of carbonyl (C=O) groups excluding carboxylic acids is 2. The lowest BCUT2D eigenvalue weighted by molar-refractivity contribution is -0.128. The van der Waals surface area contributed by atoms with Crippen LogP contribution in [0.4, 0.5) is 4.39 Å². The standard InChI is InChI=1S/C21H17BrFN3O4/c1-13(29-17-8-6-16(23)7-9-17)20(27)25-26-21(28)14-5-10-19(24-12-14)30-18-4-2-3-15(22)11-18/h2-13H,1H3,(H,25,27)(H,26,28). The van der Waals surface area contributed by atoms with E-state index in [1.165, 1.54) is 49.5 Å². The number of aromatic nitrogens is 1. The van der Waals surface area contributed by atoms with Gasteiger partial charge in [0.1, 0.15) is 17.3 Å². The summed E-state index contributed by atoms with van der Waals surface area (Å²) in [6, 6.07) is 15.6. The van der Waals surface area contributed by atoms with Crippen LogP contribution in [0, 0.1) is 5.82 Å². The van der Waals surface area contributed by atoms with Crippen LogP contribution in [0.1, 0.15) is 17.3 Å². The number of nitrogens with one attached hydrogen (secondary N) is 2. The Hall–Kier alpha value is -3.46. The Morgan fingerprint density at radius 2 is 1.80 bits per heavy atom. The van der Waals surface area contributed by atoms with E-state index in [1.54, 1.807) is 12.1 Å². The van der Waals surface area contributed by atoms with Gasteiger partial charge in [-0.05, 0) is 55.5 Å². The number of amides is 2. The van der Waals surface area contributed by atoms with Gasteiger partial charge in [0.2, 0.25) is 5.88 Å². The molecule has 1 atom stereocenters. The van der Waals surface area contributed by atoms with E-state index in [0.717, 1.165) is 4.47 Å². The molecule has 3 aromatic rings. The quantitative estimate of drug-likeness (QED) is 0.528. The summed E-state index contributed by atoms with van der Waals surface area (Å²) in [5, 5.41) is 0. The second kappa shape index (κ2) is 9.84. The van der Waals surface area contributed by atoms with E-state index in [2.05, 4.69) is 31.8 Å². The summed E-state index contributed by atoms with van der Waals surface area (Å²) in [6.07, 6.45) is 0.419. The molecular weight excluding hydrogens is 457 g/mol. The van der Waals surface area contributed by atoms with Crippen LogP contribution >= 0.6 is 15.9 Å². The Morgan fingerprint density at radius 3 is 2.47 bits per heavy atom. The maximum atomic E-state index is 12.9. The molecule has 2 N–H and O–H groups in total. The first kappa shape index (κ1) is 21.3. The normalized spacial score (nSPS) is 11.3. The van der Waals surface area contributed by atoms with Gasteiger partial charge in [0.05, 0.1) is 5.56 Å². The van der Waals surface area contributed by atoms with Crippen molar-refractivity contribution in [2.24, 2.45) is 0 Å². The molecule has 0 aliphatic rings. The predicted molar refractivity (Wildman–Crippen MR) is 111 cm³/mol. The molecule has 2 aromatic carbocycles. The molecule has 1 unspecified atom stereocenters. The van der Waals surface area contributed by atoms with Crippen LogP contribution in [0.25, 0.3) is 0 Å². The number of nitrogens with zero attached hydrogens (tertiary/aromatic N) is 1. The van der Waals surface area contributed by atoms with Gasteiger partial charge in [-0.15, -0.1) is 0 Å². The highest BCUT2D eigenvalue weighted by atomic mass is 79.9. The fourth-order valence-electron chi connectivity index (χ4n) is 2.29. The monoisotopic (exact) mass is 473 g/mol. The van der Waals surface area contributed by atoms with Gasteiger partial charge in [-0.1, -0.05) is 22.0 Å². The summed E-state index contributed by atoms with van der Waals surface area (Å²) in [7, 11) is 0. The van der Waals surface area contributed by atoms with E-state index < -0.39 is 23.7 Å². The first-order chi connectivity index (χ1) is 14.4. The minimum absolute atomic E-state index is 0.226. The smallest absolute Gasteiger partial charge is 0.279 e. The van der Waals surface area contributed by atoms with Crippen molar-refractivity contribution in [1.82, 2.24) is 15.8 Å². The minimum atomic E-state index is -0.908. The van der Waals surface area contributed by atoms with Gasteiger partial charge < -0.3 is 9.47 Å². The molecule has 9 heteroatoms. The summed E-state index contributed by atoms with van der Waals surface area (Å²) in [5.41, 5.74) is 4.78. The molecule has 3 rings (SSSR count). The summed E-state index contributed by atoms with van der Waals surface area (Å²) in [5.74, 6) is -0.301. The molecule has 1 heterocycles. The van der Waals surface area contributed by atoms with Crippen LogP contribution in [0.2, 0.25) is 0 Å². The Balaban J connectivity index is 1.50. The highest BCUT2D eigenvalue weighted by Gasteiger charge is 2.16. The van der Waals surface area contributed by atoms with E-state index in [1.807, 2.05) is 12.1 Å². The molecule has 2 amide bonds. The largest absolute Gasteiger partial charge is 0.481 e. The van der Waals surface area contributed by atoms with E-state index in [0.29, 0.717) is 17.4 Å². The Morgan fingerprint density at radius 1 is 1.03 bits per heavy atom. The lowest BCUT2D eigenvalue weighted by atomic mass is 10.3. The van der Waals surface area contributed by atoms with Gasteiger partial charge in [0.25, 0.3) is 11.8 Å². The Labute approximate surface area is 180 Å². The van der Waals surface area contributed by atoms with Gasteiger partial charge in [-0.25, -0.2) is 9.37 Å². The molecule has 0 bridgehead atoms. The van der Waals surface area contributed by atoms with Crippen molar-refractivity contribution in [2.45, 2.75) is 13.0 Å². The predicted octanol–water partition coefficient (Wildman–Crippen LogP) is 4.00. The third-order valence-electron chi connectivity index (χ3n) is 3.81. The van der Waals surface area contributed by atoms with Crippen LogP contribution < -0.4 is 20.3 Å². The molecule has 154 valence electrons. The minimum Gasteiger partial charge on any atom is -0.481 e. The third-order valence-corrected chi connectivity index (χ3v) is 4.31. The van der Waals surface area contributed by atoms with Gasteiger partial charge in [-0.3, -0.25) is 20.4 Å². The number of hydrazine groups is 1. The van der Waals surface area contributed by atoms with E-state index in [-0.39, 0.29) is 5.56 Å². The molecule has 30 heavy (non-hydrogen) atoms. The lowest BCUT2D eigenvalue weighted by Crippen LogP contribution is -2.47. The van der Waals surface area contributed by atoms with Crippen LogP contribution in [0.3, 0.4) is 0 Å². The Kier molecular flexibility index (Phi) is 6.97. The summed E-state index contributed by atoms with van der Waals surface area (Å²) < 4.78 is 24.8. The molecule has 0 fully saturated rings. The van der Waals surface area contributed by atoms with E-state index >= 15 is 0 Å². The molecule has 7 nitrogen and oxygen atoms in total. The number of halogens is 2. The van der Waals surface area contributed by atoms with Crippen molar-refractivity contribution in [3.05, 3.63) is 82.7 Å². The maximum Gasteiger partial charge on any atom is 0.279 e. The van der Waals surface area contributed by atoms with Gasteiger partial charge in [0, 0.05) is 16.7 Å². The number of carbonyl (C=O) groups is 2. The van der Waals surface area contributed by atoms with Crippen molar-refractivity contribution in [2.75, 3.05) is 0 Å². The molecule has 0 saturated carbocycles. The van der Waals surface area contributed by atoms with E-state index in [4.69, 9.17) is 9.47 Å². The highest BCUT2D eigenvalue weighted by molar-refractivity contribution is 9.10. The van der Waals surface area contributed by atoms with Crippen molar-refractivity contribution in [1.29, 1.82) is 0 Å². The first-order valence-corrected chi connectivity index (χ1v) is 9.62. The fraction of sp³-hybridized carbons (Fsp3) is 0.0952. The van der Waals surface area contributed by atoms with Gasteiger partial charge in [0.15, 0.2) is 6.10 Å². The third kappa shape index (κ3) is 6.02. The first-order valence-electron chi connectivity index (χ1n) is 8.82. The number of benzene rings is 2. The zero-order valence-electron chi connectivity index (χ0n) is 15.8. The van der Waals surface area contributed by atoms with Crippen LogP contribution in [-0.2, 0) is 4.79 Å². The number of hydrogen-bond donors (Lipinski definition) is 2. The number of hydrogen-bond acceptors (Lipinski definition) is 5. The SMILES string of the molecule is CC(Oc1ccc(F)cc1)C(=O)NNC(=O)c1ccc(Oc2cccc(Br)c2)nc1. The summed E-state index contributed by atoms with van der Waals surface area (Å²) >= 11 is 3.35. The molecule has 1 aromatic heterocycles. The Bertz CT molecular complexity index is 1030. The van der Waals surface area contributed by atoms with E-state index in [9.17, 15) is 14.0 Å². The van der Waals surface area contributed by atoms with Gasteiger partial charge in [-0.2, -0.15) is 0 Å². The summed E-state index contributed by atoms with van der Waals surface area (Å²) in [6.45, 7) is 1.50. The van der Waals surface area contributed by atoms with Crippen molar-refractivity contribution in [3.63, 3.8) is 0 Å². The van der Waals surface area contributed by atoms with Gasteiger partial charge >= 0.3 is 0 Å². The molecule has 0 spiro atoms. The molecule has 0 aliphatic heterocycles. The highest BCUT2D eigenvalue weighted by Crippen LogP contribution is 2.23.